The molecule has 2 heterocycles. The summed E-state index contributed by atoms with van der Waals surface area (Å²) in [6.07, 6.45) is 4.13. The number of benzene rings is 1. The van der Waals surface area contributed by atoms with Gasteiger partial charge in [-0.1, -0.05) is 15.9 Å². The second-order valence-electron chi connectivity index (χ2n) is 4.18. The Balaban J connectivity index is 1.99. The third kappa shape index (κ3) is 1.78. The predicted octanol–water partition coefficient (Wildman–Crippen LogP) is 3.26. The Morgan fingerprint density at radius 3 is 2.65 bits per heavy atom. The molecule has 5 heteroatoms. The molecule has 0 spiro atoms. The lowest BCUT2D eigenvalue weighted by Gasteiger charge is -2.12. The van der Waals surface area contributed by atoms with Crippen LogP contribution in [0.3, 0.4) is 0 Å². The number of rotatable bonds is 1. The lowest BCUT2D eigenvalue weighted by molar-refractivity contribution is 0.513. The summed E-state index contributed by atoms with van der Waals surface area (Å²) >= 11 is 3.08. The molecule has 1 aliphatic heterocycles. The summed E-state index contributed by atoms with van der Waals surface area (Å²) in [7, 11) is 0. The minimum atomic E-state index is -0.493. The molecular weight excluding hydrogens is 290 g/mol. The molecule has 0 amide bonds. The van der Waals surface area contributed by atoms with Crippen LogP contribution >= 0.6 is 15.9 Å². The van der Waals surface area contributed by atoms with Crippen molar-refractivity contribution in [3.8, 4) is 0 Å². The first-order valence-corrected chi connectivity index (χ1v) is 6.09. The SMILES string of the molecule is Fc1cc(Br)cc(F)c1C1Cc2nccn2C1. The Morgan fingerprint density at radius 1 is 1.29 bits per heavy atom. The monoisotopic (exact) mass is 298 g/mol. The maximum atomic E-state index is 13.8. The average Bonchev–Trinajstić information content (AvgIpc) is 2.75. The van der Waals surface area contributed by atoms with Crippen molar-refractivity contribution in [2.45, 2.75) is 18.9 Å². The van der Waals surface area contributed by atoms with E-state index in [2.05, 4.69) is 20.9 Å². The molecule has 1 aliphatic rings. The van der Waals surface area contributed by atoms with E-state index in [1.165, 1.54) is 12.1 Å². The normalized spacial score (nSPS) is 18.4. The van der Waals surface area contributed by atoms with Crippen LogP contribution in [0.4, 0.5) is 8.78 Å². The van der Waals surface area contributed by atoms with Gasteiger partial charge in [-0.2, -0.15) is 0 Å². The second-order valence-corrected chi connectivity index (χ2v) is 5.10. The molecule has 0 N–H and O–H groups in total. The lowest BCUT2D eigenvalue weighted by atomic mass is 9.96. The molecule has 0 radical (unpaired) electrons. The number of halogens is 3. The number of hydrogen-bond donors (Lipinski definition) is 0. The molecular formula is C12H9BrF2N2. The highest BCUT2D eigenvalue weighted by atomic mass is 79.9. The van der Waals surface area contributed by atoms with Gasteiger partial charge >= 0.3 is 0 Å². The quantitative estimate of drug-likeness (QED) is 0.790. The fourth-order valence-electron chi connectivity index (χ4n) is 2.36. The van der Waals surface area contributed by atoms with E-state index in [0.717, 1.165) is 5.82 Å². The zero-order chi connectivity index (χ0) is 12.0. The van der Waals surface area contributed by atoms with Crippen LogP contribution in [0.1, 0.15) is 17.3 Å². The molecule has 2 nitrogen and oxygen atoms in total. The molecule has 2 aromatic rings. The van der Waals surface area contributed by atoms with Crippen LogP contribution in [-0.2, 0) is 13.0 Å². The van der Waals surface area contributed by atoms with E-state index in [-0.39, 0.29) is 11.5 Å². The molecule has 1 aromatic heterocycles. The van der Waals surface area contributed by atoms with Gasteiger partial charge < -0.3 is 4.57 Å². The zero-order valence-corrected chi connectivity index (χ0v) is 10.4. The van der Waals surface area contributed by atoms with Gasteiger partial charge in [-0.25, -0.2) is 13.8 Å². The summed E-state index contributed by atoms with van der Waals surface area (Å²) in [5, 5.41) is 0. The van der Waals surface area contributed by atoms with E-state index < -0.39 is 11.6 Å². The highest BCUT2D eigenvalue weighted by Gasteiger charge is 2.28. The maximum absolute atomic E-state index is 13.8. The van der Waals surface area contributed by atoms with Crippen molar-refractivity contribution in [1.29, 1.82) is 0 Å². The summed E-state index contributed by atoms with van der Waals surface area (Å²) in [5.41, 5.74) is 0.165. The standard InChI is InChI=1S/C12H9BrF2N2/c13-8-4-9(14)12(10(15)5-8)7-3-11-16-1-2-17(11)6-7/h1-2,4-5,7H,3,6H2. The van der Waals surface area contributed by atoms with Gasteiger partial charge in [-0.3, -0.25) is 0 Å². The van der Waals surface area contributed by atoms with E-state index in [9.17, 15) is 8.78 Å². The molecule has 0 bridgehead atoms. The van der Waals surface area contributed by atoms with Crippen molar-refractivity contribution in [3.63, 3.8) is 0 Å². The summed E-state index contributed by atoms with van der Waals surface area (Å²) in [5.74, 6) is -0.260. The van der Waals surface area contributed by atoms with Crippen LogP contribution in [0.5, 0.6) is 0 Å². The highest BCUT2D eigenvalue weighted by molar-refractivity contribution is 9.10. The molecule has 0 fully saturated rings. The molecule has 0 saturated carbocycles. The average molecular weight is 299 g/mol. The number of aromatic nitrogens is 2. The Bertz CT molecular complexity index is 536. The molecule has 3 rings (SSSR count). The fourth-order valence-corrected chi connectivity index (χ4v) is 2.76. The van der Waals surface area contributed by atoms with Gasteiger partial charge in [0.15, 0.2) is 0 Å². The van der Waals surface area contributed by atoms with E-state index in [0.29, 0.717) is 17.4 Å². The van der Waals surface area contributed by atoms with E-state index in [1.807, 2.05) is 10.8 Å². The first-order chi connectivity index (χ1) is 8.15. The largest absolute Gasteiger partial charge is 0.334 e. The fraction of sp³-hybridized carbons (Fsp3) is 0.250. The van der Waals surface area contributed by atoms with Gasteiger partial charge in [0.25, 0.3) is 0 Å². The Kier molecular flexibility index (Phi) is 2.50. The number of fused-ring (bicyclic) bond motifs is 1. The van der Waals surface area contributed by atoms with Crippen LogP contribution in [-0.4, -0.2) is 9.55 Å². The van der Waals surface area contributed by atoms with E-state index in [4.69, 9.17) is 0 Å². The predicted molar refractivity (Wildman–Crippen MR) is 62.7 cm³/mol. The Labute approximate surface area is 105 Å². The third-order valence-electron chi connectivity index (χ3n) is 3.10. The number of nitrogens with zero attached hydrogens (tertiary/aromatic N) is 2. The van der Waals surface area contributed by atoms with Crippen molar-refractivity contribution in [2.24, 2.45) is 0 Å². The summed E-state index contributed by atoms with van der Waals surface area (Å²) in [6.45, 7) is 0.588. The van der Waals surface area contributed by atoms with Crippen LogP contribution in [0.15, 0.2) is 29.0 Å². The van der Waals surface area contributed by atoms with Gasteiger partial charge in [0.1, 0.15) is 17.5 Å². The first kappa shape index (κ1) is 10.9. The van der Waals surface area contributed by atoms with E-state index >= 15 is 0 Å². The second kappa shape index (κ2) is 3.91. The third-order valence-corrected chi connectivity index (χ3v) is 3.56. The molecule has 0 saturated heterocycles. The van der Waals surface area contributed by atoms with Crippen molar-refractivity contribution < 1.29 is 8.78 Å². The van der Waals surface area contributed by atoms with Crippen molar-refractivity contribution in [2.75, 3.05) is 0 Å². The summed E-state index contributed by atoms with van der Waals surface area (Å²) in [4.78, 5) is 4.16. The highest BCUT2D eigenvalue weighted by Crippen LogP contribution is 2.33. The molecule has 1 atom stereocenters. The lowest BCUT2D eigenvalue weighted by Crippen LogP contribution is -2.06. The van der Waals surface area contributed by atoms with Gasteiger partial charge in [-0.15, -0.1) is 0 Å². The molecule has 1 aromatic carbocycles. The number of imidazole rings is 1. The maximum Gasteiger partial charge on any atom is 0.130 e. The molecule has 1 unspecified atom stereocenters. The summed E-state index contributed by atoms with van der Waals surface area (Å²) < 4.78 is 29.9. The van der Waals surface area contributed by atoms with Crippen molar-refractivity contribution in [3.05, 3.63) is 52.0 Å². The summed E-state index contributed by atoms with van der Waals surface area (Å²) in [6, 6.07) is 2.61. The van der Waals surface area contributed by atoms with Gasteiger partial charge in [0.05, 0.1) is 0 Å². The van der Waals surface area contributed by atoms with Gasteiger partial charge in [0, 0.05) is 41.3 Å². The van der Waals surface area contributed by atoms with Crippen LogP contribution in [0.25, 0.3) is 0 Å². The van der Waals surface area contributed by atoms with Crippen LogP contribution in [0.2, 0.25) is 0 Å². The Morgan fingerprint density at radius 2 is 2.00 bits per heavy atom. The van der Waals surface area contributed by atoms with E-state index in [1.54, 1.807) is 6.20 Å². The molecule has 0 aliphatic carbocycles. The minimum Gasteiger partial charge on any atom is -0.334 e. The van der Waals surface area contributed by atoms with Crippen LogP contribution in [0, 0.1) is 11.6 Å². The Hall–Kier alpha value is -1.23. The number of hydrogen-bond acceptors (Lipinski definition) is 1. The topological polar surface area (TPSA) is 17.8 Å². The van der Waals surface area contributed by atoms with Crippen LogP contribution < -0.4 is 0 Å². The van der Waals surface area contributed by atoms with Crippen molar-refractivity contribution >= 4 is 15.9 Å². The smallest absolute Gasteiger partial charge is 0.130 e. The first-order valence-electron chi connectivity index (χ1n) is 5.29. The molecule has 88 valence electrons. The van der Waals surface area contributed by atoms with Gasteiger partial charge in [0.2, 0.25) is 0 Å². The van der Waals surface area contributed by atoms with Crippen molar-refractivity contribution in [1.82, 2.24) is 9.55 Å². The zero-order valence-electron chi connectivity index (χ0n) is 8.83. The van der Waals surface area contributed by atoms with Gasteiger partial charge in [-0.05, 0) is 12.1 Å². The minimum absolute atomic E-state index is 0.160. The molecule has 17 heavy (non-hydrogen) atoms.